The molecule has 1 rings (SSSR count). The fourth-order valence-electron chi connectivity index (χ4n) is 1.40. The predicted molar refractivity (Wildman–Crippen MR) is 63.1 cm³/mol. The fraction of sp³-hybridized carbons (Fsp3) is 0.417. The SMILES string of the molecule is COC(=O)C(C)(Nc1ccc(OC)cc1)C(F)(F)F. The molecule has 0 radical (unpaired) electrons. The minimum atomic E-state index is -4.79. The average Bonchev–Trinajstić information content (AvgIpc) is 2.37. The van der Waals surface area contributed by atoms with Gasteiger partial charge in [0, 0.05) is 5.69 Å². The van der Waals surface area contributed by atoms with Crippen molar-refractivity contribution >= 4 is 11.7 Å². The minimum Gasteiger partial charge on any atom is -0.497 e. The Morgan fingerprint density at radius 3 is 2.05 bits per heavy atom. The molecule has 1 aromatic rings. The largest absolute Gasteiger partial charge is 0.497 e. The van der Waals surface area contributed by atoms with Crippen LogP contribution in [0.3, 0.4) is 0 Å². The van der Waals surface area contributed by atoms with Gasteiger partial charge in [-0.15, -0.1) is 0 Å². The third-order valence-corrected chi connectivity index (χ3v) is 2.64. The Morgan fingerprint density at radius 2 is 1.68 bits per heavy atom. The number of anilines is 1. The first-order valence-corrected chi connectivity index (χ1v) is 5.32. The maximum Gasteiger partial charge on any atom is 0.422 e. The zero-order valence-corrected chi connectivity index (χ0v) is 10.7. The highest BCUT2D eigenvalue weighted by molar-refractivity contribution is 5.85. The summed E-state index contributed by atoms with van der Waals surface area (Å²) < 4.78 is 48.1. The lowest BCUT2D eigenvalue weighted by Crippen LogP contribution is -2.56. The molecule has 0 saturated heterocycles. The van der Waals surface area contributed by atoms with Crippen LogP contribution < -0.4 is 10.1 Å². The summed E-state index contributed by atoms with van der Waals surface area (Å²) in [7, 11) is 2.35. The van der Waals surface area contributed by atoms with Crippen molar-refractivity contribution in [1.29, 1.82) is 0 Å². The molecule has 0 heterocycles. The van der Waals surface area contributed by atoms with Gasteiger partial charge in [0.2, 0.25) is 5.54 Å². The van der Waals surface area contributed by atoms with E-state index in [1.807, 2.05) is 0 Å². The summed E-state index contributed by atoms with van der Waals surface area (Å²) in [5.74, 6) is -0.909. The van der Waals surface area contributed by atoms with E-state index in [1.54, 1.807) is 0 Å². The fourth-order valence-corrected chi connectivity index (χ4v) is 1.40. The topological polar surface area (TPSA) is 47.6 Å². The first-order chi connectivity index (χ1) is 8.74. The summed E-state index contributed by atoms with van der Waals surface area (Å²) in [6.07, 6.45) is -4.79. The van der Waals surface area contributed by atoms with Crippen LogP contribution in [0.2, 0.25) is 0 Å². The van der Waals surface area contributed by atoms with Gasteiger partial charge in [-0.2, -0.15) is 13.2 Å². The molecule has 0 amide bonds. The first-order valence-electron chi connectivity index (χ1n) is 5.32. The number of halogens is 3. The number of alkyl halides is 3. The molecule has 1 aromatic carbocycles. The van der Waals surface area contributed by atoms with E-state index in [1.165, 1.54) is 31.4 Å². The van der Waals surface area contributed by atoms with E-state index in [-0.39, 0.29) is 5.69 Å². The highest BCUT2D eigenvalue weighted by atomic mass is 19.4. The van der Waals surface area contributed by atoms with Gasteiger partial charge in [0.15, 0.2) is 0 Å². The van der Waals surface area contributed by atoms with Crippen molar-refractivity contribution in [1.82, 2.24) is 0 Å². The van der Waals surface area contributed by atoms with Gasteiger partial charge in [-0.05, 0) is 31.2 Å². The summed E-state index contributed by atoms with van der Waals surface area (Å²) in [4.78, 5) is 11.4. The van der Waals surface area contributed by atoms with E-state index >= 15 is 0 Å². The number of ether oxygens (including phenoxy) is 2. The average molecular weight is 277 g/mol. The monoisotopic (exact) mass is 277 g/mol. The summed E-state index contributed by atoms with van der Waals surface area (Å²) in [6.45, 7) is 0.725. The third-order valence-electron chi connectivity index (χ3n) is 2.64. The molecule has 0 aliphatic heterocycles. The normalized spacial score (nSPS) is 14.4. The maximum atomic E-state index is 13.0. The molecule has 0 bridgehead atoms. The number of rotatable bonds is 4. The van der Waals surface area contributed by atoms with Crippen LogP contribution in [0.4, 0.5) is 18.9 Å². The molecule has 0 fully saturated rings. The van der Waals surface area contributed by atoms with Crippen LogP contribution >= 0.6 is 0 Å². The number of hydrogen-bond acceptors (Lipinski definition) is 4. The second-order valence-corrected chi connectivity index (χ2v) is 3.97. The van der Waals surface area contributed by atoms with E-state index in [9.17, 15) is 18.0 Å². The van der Waals surface area contributed by atoms with Crippen LogP contribution in [0.15, 0.2) is 24.3 Å². The Bertz CT molecular complexity index is 445. The van der Waals surface area contributed by atoms with Gasteiger partial charge in [0.1, 0.15) is 5.75 Å². The second-order valence-electron chi connectivity index (χ2n) is 3.97. The standard InChI is InChI=1S/C12H14F3NO3/c1-11(10(17)19-3,12(13,14)15)16-8-4-6-9(18-2)7-5-8/h4-7,16H,1-3H3. The van der Waals surface area contributed by atoms with Crippen molar-refractivity contribution in [2.24, 2.45) is 0 Å². The van der Waals surface area contributed by atoms with Gasteiger partial charge >= 0.3 is 12.1 Å². The van der Waals surface area contributed by atoms with Crippen LogP contribution in [0.25, 0.3) is 0 Å². The van der Waals surface area contributed by atoms with Crippen molar-refractivity contribution in [2.45, 2.75) is 18.6 Å². The van der Waals surface area contributed by atoms with Crippen molar-refractivity contribution in [3.05, 3.63) is 24.3 Å². The molecule has 1 N–H and O–H groups in total. The van der Waals surface area contributed by atoms with Gasteiger partial charge in [-0.3, -0.25) is 0 Å². The van der Waals surface area contributed by atoms with E-state index in [0.29, 0.717) is 5.75 Å². The van der Waals surface area contributed by atoms with Crippen molar-refractivity contribution in [2.75, 3.05) is 19.5 Å². The molecule has 0 saturated carbocycles. The highest BCUT2D eigenvalue weighted by Gasteiger charge is 2.58. The number of esters is 1. The van der Waals surface area contributed by atoms with E-state index < -0.39 is 17.7 Å². The number of methoxy groups -OCH3 is 2. The molecule has 0 spiro atoms. The summed E-state index contributed by atoms with van der Waals surface area (Å²) >= 11 is 0. The van der Waals surface area contributed by atoms with Gasteiger partial charge in [-0.25, -0.2) is 4.79 Å². The molecule has 7 heteroatoms. The number of carbonyl (C=O) groups is 1. The number of nitrogens with one attached hydrogen (secondary N) is 1. The van der Waals surface area contributed by atoms with Crippen molar-refractivity contribution in [3.8, 4) is 5.75 Å². The smallest absolute Gasteiger partial charge is 0.422 e. The molecule has 1 atom stereocenters. The second kappa shape index (κ2) is 5.38. The molecule has 0 aliphatic carbocycles. The molecule has 4 nitrogen and oxygen atoms in total. The molecule has 106 valence electrons. The molecule has 0 aliphatic rings. The lowest BCUT2D eigenvalue weighted by molar-refractivity contribution is -0.195. The predicted octanol–water partition coefficient (Wildman–Crippen LogP) is 2.60. The zero-order valence-electron chi connectivity index (χ0n) is 10.7. The summed E-state index contributed by atoms with van der Waals surface area (Å²) in [5, 5.41) is 2.14. The van der Waals surface area contributed by atoms with Crippen LogP contribution in [-0.4, -0.2) is 31.9 Å². The molecular formula is C12H14F3NO3. The summed E-state index contributed by atoms with van der Waals surface area (Å²) in [6, 6.07) is 5.73. The van der Waals surface area contributed by atoms with Gasteiger partial charge in [0.05, 0.1) is 14.2 Å². The quantitative estimate of drug-likeness (QED) is 0.859. The Morgan fingerprint density at radius 1 is 1.16 bits per heavy atom. The first kappa shape index (κ1) is 15.1. The van der Waals surface area contributed by atoms with Gasteiger partial charge in [-0.1, -0.05) is 0 Å². The number of carbonyl (C=O) groups excluding carboxylic acids is 1. The number of hydrogen-bond donors (Lipinski definition) is 1. The lowest BCUT2D eigenvalue weighted by Gasteiger charge is -2.31. The zero-order chi connectivity index (χ0) is 14.7. The Balaban J connectivity index is 3.04. The molecule has 19 heavy (non-hydrogen) atoms. The van der Waals surface area contributed by atoms with E-state index in [0.717, 1.165) is 14.0 Å². The highest BCUT2D eigenvalue weighted by Crippen LogP contribution is 2.34. The van der Waals surface area contributed by atoms with E-state index in [2.05, 4.69) is 10.1 Å². The van der Waals surface area contributed by atoms with Crippen LogP contribution in [0, 0.1) is 0 Å². The minimum absolute atomic E-state index is 0.131. The van der Waals surface area contributed by atoms with Gasteiger partial charge < -0.3 is 14.8 Å². The summed E-state index contributed by atoms with van der Waals surface area (Å²) in [5.41, 5.74) is -2.68. The van der Waals surface area contributed by atoms with Crippen molar-refractivity contribution in [3.63, 3.8) is 0 Å². The van der Waals surface area contributed by atoms with Crippen molar-refractivity contribution < 1.29 is 27.4 Å². The Kier molecular flexibility index (Phi) is 4.28. The lowest BCUT2D eigenvalue weighted by atomic mass is 10.0. The maximum absolute atomic E-state index is 13.0. The molecule has 0 aromatic heterocycles. The van der Waals surface area contributed by atoms with Crippen LogP contribution in [0.5, 0.6) is 5.75 Å². The van der Waals surface area contributed by atoms with E-state index in [4.69, 9.17) is 4.74 Å². The Hall–Kier alpha value is -1.92. The molecule has 1 unspecified atom stereocenters. The molecular weight excluding hydrogens is 263 g/mol. The van der Waals surface area contributed by atoms with Crippen LogP contribution in [-0.2, 0) is 9.53 Å². The third kappa shape index (κ3) is 3.10. The van der Waals surface area contributed by atoms with Crippen LogP contribution in [0.1, 0.15) is 6.92 Å². The van der Waals surface area contributed by atoms with Gasteiger partial charge in [0.25, 0.3) is 0 Å². The Labute approximate surface area is 108 Å². The number of benzene rings is 1.